The molecule has 0 aromatic heterocycles. The lowest BCUT2D eigenvalue weighted by Crippen LogP contribution is -2.42. The highest BCUT2D eigenvalue weighted by molar-refractivity contribution is 5.73. The molecule has 2 aromatic carbocycles. The van der Waals surface area contributed by atoms with E-state index in [0.717, 1.165) is 49.5 Å². The normalized spacial score (nSPS) is 15.3. The van der Waals surface area contributed by atoms with Crippen LogP contribution in [0.15, 0.2) is 42.5 Å². The summed E-state index contributed by atoms with van der Waals surface area (Å²) in [6.07, 6.45) is 1.84. The number of rotatable bonds is 6. The molecule has 2 heterocycles. The summed E-state index contributed by atoms with van der Waals surface area (Å²) in [5.74, 6) is 1.56. The first-order valence-electron chi connectivity index (χ1n) is 9.47. The molecule has 0 fully saturated rings. The summed E-state index contributed by atoms with van der Waals surface area (Å²) < 4.78 is 10.7. The fourth-order valence-corrected chi connectivity index (χ4v) is 3.55. The van der Waals surface area contributed by atoms with Crippen LogP contribution in [0.2, 0.25) is 0 Å². The minimum absolute atomic E-state index is 0.117. The highest BCUT2D eigenvalue weighted by atomic mass is 16.7. The zero-order valence-electron chi connectivity index (χ0n) is 15.4. The number of fused-ring (bicyclic) bond motifs is 2. The second-order valence-electron chi connectivity index (χ2n) is 6.92. The van der Waals surface area contributed by atoms with Crippen LogP contribution in [-0.4, -0.2) is 43.9 Å². The molecule has 2 aliphatic rings. The third-order valence-corrected chi connectivity index (χ3v) is 5.06. The quantitative estimate of drug-likeness (QED) is 0.823. The summed E-state index contributed by atoms with van der Waals surface area (Å²) in [6.45, 7) is 4.39. The minimum atomic E-state index is -0.117. The first-order chi connectivity index (χ1) is 13.3. The number of carbonyl (C=O) groups excluding carboxylic acids is 1. The molecule has 2 amide bonds. The second-order valence-corrected chi connectivity index (χ2v) is 6.92. The van der Waals surface area contributed by atoms with Crippen LogP contribution in [0.5, 0.6) is 11.5 Å². The largest absolute Gasteiger partial charge is 0.454 e. The standard InChI is InChI=1S/C21H25N3O3/c25-21(22-9-7-16-5-6-19-20(13-16)27-15-26-19)23-10-12-24-11-8-17-3-1-2-4-18(17)14-24/h1-6,13H,7-12,14-15H2,(H2,22,23,25). The topological polar surface area (TPSA) is 62.8 Å². The fourth-order valence-electron chi connectivity index (χ4n) is 3.55. The van der Waals surface area contributed by atoms with Crippen molar-refractivity contribution in [2.75, 3.05) is 33.0 Å². The average molecular weight is 367 g/mol. The molecule has 0 spiro atoms. The smallest absolute Gasteiger partial charge is 0.314 e. The Hall–Kier alpha value is -2.73. The number of ether oxygens (including phenoxy) is 2. The molecule has 6 nitrogen and oxygen atoms in total. The van der Waals surface area contributed by atoms with Gasteiger partial charge in [0.15, 0.2) is 11.5 Å². The number of nitrogens with one attached hydrogen (secondary N) is 2. The van der Waals surface area contributed by atoms with E-state index < -0.39 is 0 Å². The van der Waals surface area contributed by atoms with Gasteiger partial charge in [-0.05, 0) is 41.7 Å². The number of hydrogen-bond donors (Lipinski definition) is 2. The van der Waals surface area contributed by atoms with Crippen molar-refractivity contribution in [2.24, 2.45) is 0 Å². The monoisotopic (exact) mass is 367 g/mol. The van der Waals surface area contributed by atoms with E-state index in [2.05, 4.69) is 39.8 Å². The van der Waals surface area contributed by atoms with Crippen molar-refractivity contribution in [3.63, 3.8) is 0 Å². The maximum Gasteiger partial charge on any atom is 0.314 e. The van der Waals surface area contributed by atoms with E-state index in [1.165, 1.54) is 11.1 Å². The lowest BCUT2D eigenvalue weighted by Gasteiger charge is -2.28. The lowest BCUT2D eigenvalue weighted by atomic mass is 10.00. The van der Waals surface area contributed by atoms with Crippen molar-refractivity contribution in [3.05, 3.63) is 59.2 Å². The summed E-state index contributed by atoms with van der Waals surface area (Å²) in [7, 11) is 0. The molecular formula is C21H25N3O3. The SMILES string of the molecule is O=C(NCCc1ccc2c(c1)OCO2)NCCN1CCc2ccccc2C1. The van der Waals surface area contributed by atoms with Crippen LogP contribution in [0.25, 0.3) is 0 Å². The van der Waals surface area contributed by atoms with E-state index in [1.807, 2.05) is 18.2 Å². The third-order valence-electron chi connectivity index (χ3n) is 5.06. The summed E-state index contributed by atoms with van der Waals surface area (Å²) >= 11 is 0. The first-order valence-corrected chi connectivity index (χ1v) is 9.47. The molecule has 142 valence electrons. The van der Waals surface area contributed by atoms with Gasteiger partial charge in [-0.25, -0.2) is 4.79 Å². The number of hydrogen-bond acceptors (Lipinski definition) is 4. The van der Waals surface area contributed by atoms with Gasteiger partial charge >= 0.3 is 6.03 Å². The zero-order chi connectivity index (χ0) is 18.5. The number of amides is 2. The van der Waals surface area contributed by atoms with E-state index in [-0.39, 0.29) is 12.8 Å². The molecule has 0 saturated heterocycles. The molecule has 4 rings (SSSR count). The summed E-state index contributed by atoms with van der Waals surface area (Å²) in [5.41, 5.74) is 3.96. The van der Waals surface area contributed by atoms with Crippen molar-refractivity contribution in [1.29, 1.82) is 0 Å². The zero-order valence-corrected chi connectivity index (χ0v) is 15.4. The van der Waals surface area contributed by atoms with Gasteiger partial charge in [-0.3, -0.25) is 4.90 Å². The highest BCUT2D eigenvalue weighted by Gasteiger charge is 2.15. The summed E-state index contributed by atoms with van der Waals surface area (Å²) in [6, 6.07) is 14.4. The molecule has 0 bridgehead atoms. The predicted molar refractivity (Wildman–Crippen MR) is 103 cm³/mol. The Morgan fingerprint density at radius 1 is 1.00 bits per heavy atom. The van der Waals surface area contributed by atoms with Gasteiger partial charge in [0.1, 0.15) is 0 Å². The van der Waals surface area contributed by atoms with Crippen LogP contribution < -0.4 is 20.1 Å². The van der Waals surface area contributed by atoms with Gasteiger partial charge in [0, 0.05) is 32.7 Å². The van der Waals surface area contributed by atoms with Crippen molar-refractivity contribution < 1.29 is 14.3 Å². The van der Waals surface area contributed by atoms with Crippen molar-refractivity contribution in [1.82, 2.24) is 15.5 Å². The minimum Gasteiger partial charge on any atom is -0.454 e. The van der Waals surface area contributed by atoms with Crippen LogP contribution in [-0.2, 0) is 19.4 Å². The molecule has 0 saturated carbocycles. The molecule has 2 aromatic rings. The predicted octanol–water partition coefficient (Wildman–Crippen LogP) is 2.32. The maximum atomic E-state index is 12.0. The van der Waals surface area contributed by atoms with Gasteiger partial charge in [-0.2, -0.15) is 0 Å². The molecule has 27 heavy (non-hydrogen) atoms. The fraction of sp³-hybridized carbons (Fsp3) is 0.381. The Morgan fingerprint density at radius 3 is 2.74 bits per heavy atom. The molecule has 2 N–H and O–H groups in total. The summed E-state index contributed by atoms with van der Waals surface area (Å²) in [4.78, 5) is 14.4. The molecule has 2 aliphatic heterocycles. The van der Waals surface area contributed by atoms with E-state index in [0.29, 0.717) is 13.1 Å². The average Bonchev–Trinajstić information content (AvgIpc) is 3.16. The number of benzene rings is 2. The van der Waals surface area contributed by atoms with Crippen LogP contribution in [0.1, 0.15) is 16.7 Å². The Morgan fingerprint density at radius 2 is 1.81 bits per heavy atom. The highest BCUT2D eigenvalue weighted by Crippen LogP contribution is 2.32. The third kappa shape index (κ3) is 4.52. The van der Waals surface area contributed by atoms with Crippen LogP contribution in [0.4, 0.5) is 4.79 Å². The van der Waals surface area contributed by atoms with Crippen LogP contribution >= 0.6 is 0 Å². The molecular weight excluding hydrogens is 342 g/mol. The Balaban J connectivity index is 1.13. The molecule has 0 aliphatic carbocycles. The van der Waals surface area contributed by atoms with Gasteiger partial charge < -0.3 is 20.1 Å². The van der Waals surface area contributed by atoms with Crippen LogP contribution in [0.3, 0.4) is 0 Å². The maximum absolute atomic E-state index is 12.0. The number of urea groups is 1. The Kier molecular flexibility index (Phi) is 5.44. The van der Waals surface area contributed by atoms with Gasteiger partial charge in [0.2, 0.25) is 6.79 Å². The van der Waals surface area contributed by atoms with E-state index in [1.54, 1.807) is 0 Å². The molecule has 0 unspecified atom stereocenters. The molecule has 0 radical (unpaired) electrons. The number of nitrogens with zero attached hydrogens (tertiary/aromatic N) is 1. The summed E-state index contributed by atoms with van der Waals surface area (Å²) in [5, 5.41) is 5.86. The van der Waals surface area contributed by atoms with Crippen molar-refractivity contribution in [2.45, 2.75) is 19.4 Å². The van der Waals surface area contributed by atoms with Crippen molar-refractivity contribution >= 4 is 6.03 Å². The Labute approximate surface area is 159 Å². The van der Waals surface area contributed by atoms with E-state index in [4.69, 9.17) is 9.47 Å². The molecule has 0 atom stereocenters. The Bertz CT molecular complexity index is 809. The lowest BCUT2D eigenvalue weighted by molar-refractivity contribution is 0.174. The first kappa shape index (κ1) is 17.7. The van der Waals surface area contributed by atoms with Gasteiger partial charge in [-0.15, -0.1) is 0 Å². The van der Waals surface area contributed by atoms with Gasteiger partial charge in [0.25, 0.3) is 0 Å². The molecule has 6 heteroatoms. The van der Waals surface area contributed by atoms with Gasteiger partial charge in [-0.1, -0.05) is 30.3 Å². The van der Waals surface area contributed by atoms with Crippen molar-refractivity contribution in [3.8, 4) is 11.5 Å². The van der Waals surface area contributed by atoms with E-state index >= 15 is 0 Å². The van der Waals surface area contributed by atoms with E-state index in [9.17, 15) is 4.79 Å². The number of carbonyl (C=O) groups is 1. The van der Waals surface area contributed by atoms with Gasteiger partial charge in [0.05, 0.1) is 0 Å². The second kappa shape index (κ2) is 8.31. The van der Waals surface area contributed by atoms with Crippen LogP contribution in [0, 0.1) is 0 Å².